The molecule has 4 amide bonds. The number of amides is 4. The molecule has 0 saturated carbocycles. The van der Waals surface area contributed by atoms with E-state index in [1.54, 1.807) is 12.4 Å². The lowest BCUT2D eigenvalue weighted by molar-refractivity contribution is -0.133. The molecule has 0 bridgehead atoms. The van der Waals surface area contributed by atoms with Crippen molar-refractivity contribution in [1.82, 2.24) is 49.5 Å². The van der Waals surface area contributed by atoms with E-state index < -0.39 is 10.8 Å². The molecular formula is C93H92N14O6. The highest BCUT2D eigenvalue weighted by Crippen LogP contribution is 2.46. The average Bonchev–Trinajstić information content (AvgIpc) is 1.60. The van der Waals surface area contributed by atoms with Crippen LogP contribution in [0.1, 0.15) is 116 Å². The number of aromatic nitrogens is 6. The monoisotopic (exact) mass is 1500 g/mol. The Labute approximate surface area is 659 Å². The summed E-state index contributed by atoms with van der Waals surface area (Å²) in [5.74, 6) is 3.22. The lowest BCUT2D eigenvalue weighted by atomic mass is 9.85. The molecule has 10 aromatic rings. The zero-order valence-corrected chi connectivity index (χ0v) is 64.7. The Morgan fingerprint density at radius 1 is 0.425 bits per heavy atom. The maximum Gasteiger partial charge on any atom is 0.237 e. The summed E-state index contributed by atoms with van der Waals surface area (Å²) in [6.07, 6.45) is 20.1. The van der Waals surface area contributed by atoms with E-state index in [4.69, 9.17) is 19.5 Å². The van der Waals surface area contributed by atoms with E-state index in [1.165, 1.54) is 22.3 Å². The molecule has 4 saturated heterocycles. The third-order valence-electron chi connectivity index (χ3n) is 23.4. The fourth-order valence-corrected chi connectivity index (χ4v) is 17.2. The van der Waals surface area contributed by atoms with Crippen LogP contribution in [0.5, 0.6) is 11.8 Å². The summed E-state index contributed by atoms with van der Waals surface area (Å²) >= 11 is 0. The Hall–Kier alpha value is -12.0. The number of benzene rings is 6. The molecule has 570 valence electrons. The topological polar surface area (TPSA) is 208 Å². The van der Waals surface area contributed by atoms with Crippen LogP contribution in [0.2, 0.25) is 0 Å². The molecule has 0 unspecified atom stereocenters. The molecule has 18 rings (SSSR count). The second-order valence-electron chi connectivity index (χ2n) is 31.6. The van der Waals surface area contributed by atoms with E-state index in [2.05, 4.69) is 185 Å². The molecule has 0 aliphatic carbocycles. The van der Waals surface area contributed by atoms with Crippen molar-refractivity contribution in [3.05, 3.63) is 263 Å². The van der Waals surface area contributed by atoms with Crippen LogP contribution in [0.25, 0.3) is 56.2 Å². The molecule has 6 aromatic carbocycles. The molecule has 4 aromatic heterocycles. The van der Waals surface area contributed by atoms with Gasteiger partial charge in [-0.15, -0.1) is 0 Å². The maximum atomic E-state index is 14.1. The summed E-state index contributed by atoms with van der Waals surface area (Å²) in [7, 11) is 0. The van der Waals surface area contributed by atoms with Gasteiger partial charge in [-0.2, -0.15) is 0 Å². The molecule has 113 heavy (non-hydrogen) atoms. The summed E-state index contributed by atoms with van der Waals surface area (Å²) < 4.78 is 11.5. The average molecular weight is 1500 g/mol. The number of ether oxygens (including phenoxy) is 2. The van der Waals surface area contributed by atoms with E-state index >= 15 is 0 Å². The number of pyridine rings is 2. The Kier molecular flexibility index (Phi) is 20.7. The number of rotatable bonds is 18. The van der Waals surface area contributed by atoms with Crippen molar-refractivity contribution in [3.8, 4) is 56.8 Å². The van der Waals surface area contributed by atoms with Crippen molar-refractivity contribution in [2.75, 3.05) is 88.3 Å². The van der Waals surface area contributed by atoms with E-state index in [0.29, 0.717) is 90.3 Å². The lowest BCUT2D eigenvalue weighted by Gasteiger charge is -2.29. The van der Waals surface area contributed by atoms with Gasteiger partial charge in [0.2, 0.25) is 35.4 Å². The number of carbonyl (C=O) groups is 4. The van der Waals surface area contributed by atoms with Gasteiger partial charge in [-0.3, -0.25) is 39.0 Å². The number of fused-ring (bicyclic) bond motifs is 2. The predicted octanol–water partition coefficient (Wildman–Crippen LogP) is 14.5. The summed E-state index contributed by atoms with van der Waals surface area (Å²) in [5.41, 5.74) is 21.5. The summed E-state index contributed by atoms with van der Waals surface area (Å²) in [6.45, 7) is 18.5. The Morgan fingerprint density at radius 3 is 1.19 bits per heavy atom. The summed E-state index contributed by atoms with van der Waals surface area (Å²) in [5, 5.41) is 0. The smallest absolute Gasteiger partial charge is 0.237 e. The van der Waals surface area contributed by atoms with Gasteiger partial charge in [0.05, 0.1) is 60.6 Å². The largest absolute Gasteiger partial charge is 0.475 e. The maximum absolute atomic E-state index is 14.1. The molecule has 4 fully saturated rings. The quantitative estimate of drug-likeness (QED) is 0.0783. The third kappa shape index (κ3) is 15.6. The first-order valence-corrected chi connectivity index (χ1v) is 39.7. The Morgan fingerprint density at radius 2 is 0.805 bits per heavy atom. The second kappa shape index (κ2) is 31.6. The van der Waals surface area contributed by atoms with Gasteiger partial charge in [-0.25, -0.2) is 29.9 Å². The molecular weight excluding hydrogens is 1410 g/mol. The zero-order valence-electron chi connectivity index (χ0n) is 64.7. The minimum absolute atomic E-state index is 0.0549. The number of nitrogens with zero attached hydrogens (tertiary/aromatic N) is 14. The number of aryl methyl sites for hydroxylation is 1. The van der Waals surface area contributed by atoms with Crippen LogP contribution in [0.15, 0.2) is 223 Å². The molecule has 0 N–H and O–H groups in total. The first-order valence-electron chi connectivity index (χ1n) is 39.7. The van der Waals surface area contributed by atoms with Crippen molar-refractivity contribution in [1.29, 1.82) is 0 Å². The van der Waals surface area contributed by atoms with E-state index in [9.17, 15) is 19.2 Å². The predicted molar refractivity (Wildman–Crippen MR) is 441 cm³/mol. The first kappa shape index (κ1) is 73.8. The molecule has 8 aliphatic heterocycles. The molecule has 20 heteroatoms. The Bertz CT molecular complexity index is 5360. The van der Waals surface area contributed by atoms with Crippen molar-refractivity contribution in [3.63, 3.8) is 0 Å². The highest BCUT2D eigenvalue weighted by Gasteiger charge is 2.53. The van der Waals surface area contributed by atoms with Crippen molar-refractivity contribution >= 4 is 57.6 Å². The number of hydrogen-bond acceptors (Lipinski definition) is 16. The number of carbonyl (C=O) groups excluding carboxylic acids is 4. The SMILES string of the molecule is CC(C)Oc1ccc(C2=NCc3ccc(N4CC[C@]5(CCN(CC(=O)N6CC=C(c7ccc(-c8ccc(-c9ncccn9)cc8)cc7)CC6)C5)C4=O)cc32)cn1.Cc1cnc(-c2ccc(-c3ccc(C4=CCN(C(=O)CN5CC[C@]6(CCN(c7ccc8c(c7)C(c7ccc(OC(C)C)nc7)=NC8)C6=O)C5)CC4)cc3)cc2)nc1. The second-order valence-corrected chi connectivity index (χ2v) is 31.6. The normalized spacial score (nSPS) is 19.4. The van der Waals surface area contributed by atoms with Crippen LogP contribution in [0, 0.1) is 17.8 Å². The van der Waals surface area contributed by atoms with Crippen LogP contribution < -0.4 is 19.3 Å². The van der Waals surface area contributed by atoms with Crippen LogP contribution in [0.4, 0.5) is 11.4 Å². The standard InChI is InChI=1S/C47H47N7O3.C46H45N7O3/c1-31(2)57-42-15-13-39(28-48-42)44-41-24-40(14-12-38(41)27-49-44)54-23-19-47(46(54)56)18-22-52(30-47)29-43(55)53-20-16-36(17-21-53)35-6-4-33(5-7-35)34-8-10-37(11-9-34)45-50-25-32(3)26-51-45;1-31(2)56-41-15-13-38(28-49-41)43-40-26-39(14-12-37(40)27-50-43)53-25-19-46(45(53)55)18-24-51(30-46)29-42(54)52-22-16-35(17-23-52)34-6-4-32(5-7-34)33-8-10-36(11-9-33)44-47-20-3-21-48-44/h4-16,24-26,28,31H,17-23,27,29-30H2,1-3H3;3-16,20-21,26,28,31H,17-19,22-25,27,29-30H2,1-2H3/t47-;46-/m00/s1. The van der Waals surface area contributed by atoms with Crippen molar-refractivity contribution in [2.45, 2.75) is 98.4 Å². The van der Waals surface area contributed by atoms with Crippen LogP contribution in [-0.4, -0.2) is 175 Å². The number of likely N-dealkylation sites (tertiary alicyclic amines) is 2. The highest BCUT2D eigenvalue weighted by molar-refractivity contribution is 6.17. The Balaban J connectivity index is 0.000000164. The van der Waals surface area contributed by atoms with Gasteiger partial charge in [-0.1, -0.05) is 121 Å². The van der Waals surface area contributed by atoms with Gasteiger partial charge in [0.25, 0.3) is 0 Å². The van der Waals surface area contributed by atoms with Crippen LogP contribution in [-0.2, 0) is 32.3 Å². The van der Waals surface area contributed by atoms with Gasteiger partial charge in [-0.05, 0) is 190 Å². The van der Waals surface area contributed by atoms with Crippen LogP contribution in [0.3, 0.4) is 0 Å². The highest BCUT2D eigenvalue weighted by atomic mass is 16.5. The van der Waals surface area contributed by atoms with E-state index in [-0.39, 0.29) is 35.8 Å². The van der Waals surface area contributed by atoms with Crippen molar-refractivity contribution in [2.24, 2.45) is 20.8 Å². The fourth-order valence-electron chi connectivity index (χ4n) is 17.2. The summed E-state index contributed by atoms with van der Waals surface area (Å²) in [6, 6.07) is 56.1. The van der Waals surface area contributed by atoms with Gasteiger partial charge < -0.3 is 29.1 Å². The summed E-state index contributed by atoms with van der Waals surface area (Å²) in [4.78, 5) is 104. The number of hydrogen-bond donors (Lipinski definition) is 0. The first-order chi connectivity index (χ1) is 55.0. The van der Waals surface area contributed by atoms with Gasteiger partial charge in [0.1, 0.15) is 0 Å². The van der Waals surface area contributed by atoms with Crippen LogP contribution >= 0.6 is 0 Å². The van der Waals surface area contributed by atoms with E-state index in [1.807, 2.05) is 109 Å². The zero-order chi connectivity index (χ0) is 77.3. The van der Waals surface area contributed by atoms with E-state index in [0.717, 1.165) is 158 Å². The number of aliphatic imine (C=N–C) groups is 2. The molecule has 20 nitrogen and oxygen atoms in total. The molecule has 0 radical (unpaired) electrons. The molecule has 2 atom stereocenters. The number of anilines is 2. The third-order valence-corrected chi connectivity index (χ3v) is 23.4. The minimum atomic E-state index is -0.453. The van der Waals surface area contributed by atoms with Crippen molar-refractivity contribution < 1.29 is 28.7 Å². The molecule has 8 aliphatic rings. The lowest BCUT2D eigenvalue weighted by Crippen LogP contribution is -2.43. The minimum Gasteiger partial charge on any atom is -0.475 e. The molecule has 2 spiro atoms. The molecule has 12 heterocycles. The van der Waals surface area contributed by atoms with Gasteiger partial charge in [0, 0.05) is 146 Å². The fraction of sp³-hybridized carbons (Fsp3) is 0.312. The van der Waals surface area contributed by atoms with Gasteiger partial charge >= 0.3 is 0 Å². The van der Waals surface area contributed by atoms with Gasteiger partial charge in [0.15, 0.2) is 11.6 Å².